The second-order valence-corrected chi connectivity index (χ2v) is 6.90. The zero-order valence-corrected chi connectivity index (χ0v) is 16.4. The van der Waals surface area contributed by atoms with E-state index in [0.29, 0.717) is 18.5 Å². The SMILES string of the molecule is COC(=O)[C@@H](Cc1c[nH]c2ccccc12)NC(=O)c1ccc(Cn2cncn2)cc1. The van der Waals surface area contributed by atoms with E-state index in [9.17, 15) is 9.59 Å². The van der Waals surface area contributed by atoms with E-state index < -0.39 is 12.0 Å². The van der Waals surface area contributed by atoms with Crippen LogP contribution in [0.5, 0.6) is 0 Å². The molecule has 0 unspecified atom stereocenters. The highest BCUT2D eigenvalue weighted by molar-refractivity contribution is 5.97. The van der Waals surface area contributed by atoms with Gasteiger partial charge in [0, 0.05) is 29.1 Å². The first kappa shape index (κ1) is 19.4. The van der Waals surface area contributed by atoms with Gasteiger partial charge in [0.15, 0.2) is 0 Å². The van der Waals surface area contributed by atoms with Gasteiger partial charge in [-0.1, -0.05) is 30.3 Å². The number of carbonyl (C=O) groups excluding carboxylic acids is 2. The third kappa shape index (κ3) is 4.22. The van der Waals surface area contributed by atoms with Crippen molar-refractivity contribution in [3.8, 4) is 0 Å². The highest BCUT2D eigenvalue weighted by Gasteiger charge is 2.24. The number of hydrogen-bond donors (Lipinski definition) is 2. The molecule has 0 saturated carbocycles. The molecule has 0 aliphatic carbocycles. The second-order valence-electron chi connectivity index (χ2n) is 6.90. The third-order valence-corrected chi connectivity index (χ3v) is 4.92. The fraction of sp³-hybridized carbons (Fsp3) is 0.182. The van der Waals surface area contributed by atoms with Crippen molar-refractivity contribution in [2.45, 2.75) is 19.0 Å². The number of esters is 1. The average Bonchev–Trinajstić information content (AvgIpc) is 3.43. The van der Waals surface area contributed by atoms with Gasteiger partial charge in [0.2, 0.25) is 0 Å². The van der Waals surface area contributed by atoms with Crippen LogP contribution in [0, 0.1) is 0 Å². The fourth-order valence-corrected chi connectivity index (χ4v) is 3.36. The minimum absolute atomic E-state index is 0.326. The van der Waals surface area contributed by atoms with E-state index >= 15 is 0 Å². The zero-order valence-electron chi connectivity index (χ0n) is 16.4. The molecule has 0 aliphatic heterocycles. The van der Waals surface area contributed by atoms with E-state index in [1.54, 1.807) is 23.1 Å². The van der Waals surface area contributed by atoms with Crippen LogP contribution in [0.15, 0.2) is 67.4 Å². The summed E-state index contributed by atoms with van der Waals surface area (Å²) in [6, 6.07) is 14.2. The maximum absolute atomic E-state index is 12.7. The van der Waals surface area contributed by atoms with Gasteiger partial charge in [-0.15, -0.1) is 0 Å². The van der Waals surface area contributed by atoms with E-state index in [2.05, 4.69) is 20.4 Å². The second kappa shape index (κ2) is 8.60. The Balaban J connectivity index is 1.47. The van der Waals surface area contributed by atoms with Gasteiger partial charge in [0.25, 0.3) is 5.91 Å². The molecule has 0 bridgehead atoms. The summed E-state index contributed by atoms with van der Waals surface area (Å²) in [5.41, 5.74) is 3.36. The zero-order chi connectivity index (χ0) is 20.9. The van der Waals surface area contributed by atoms with Crippen LogP contribution in [0.4, 0.5) is 0 Å². The molecule has 2 aromatic carbocycles. The van der Waals surface area contributed by atoms with Crippen LogP contribution in [0.3, 0.4) is 0 Å². The van der Waals surface area contributed by atoms with Crippen LogP contribution in [-0.4, -0.2) is 44.8 Å². The van der Waals surface area contributed by atoms with Crippen LogP contribution < -0.4 is 5.32 Å². The summed E-state index contributed by atoms with van der Waals surface area (Å²) in [7, 11) is 1.32. The Morgan fingerprint density at radius 3 is 2.70 bits per heavy atom. The molecule has 2 aromatic heterocycles. The molecule has 0 spiro atoms. The summed E-state index contributed by atoms with van der Waals surface area (Å²) in [5.74, 6) is -0.825. The van der Waals surface area contributed by atoms with Gasteiger partial charge in [-0.05, 0) is 29.3 Å². The molecule has 30 heavy (non-hydrogen) atoms. The van der Waals surface area contributed by atoms with E-state index in [0.717, 1.165) is 22.0 Å². The number of aromatic nitrogens is 4. The summed E-state index contributed by atoms with van der Waals surface area (Å²) >= 11 is 0. The molecule has 2 N–H and O–H groups in total. The predicted octanol–water partition coefficient (Wildman–Crippen LogP) is 2.32. The summed E-state index contributed by atoms with van der Waals surface area (Å²) in [6.07, 6.45) is 5.28. The van der Waals surface area contributed by atoms with Crippen LogP contribution in [0.2, 0.25) is 0 Å². The van der Waals surface area contributed by atoms with E-state index in [4.69, 9.17) is 4.74 Å². The summed E-state index contributed by atoms with van der Waals surface area (Å²) in [6.45, 7) is 0.563. The maximum atomic E-state index is 12.7. The molecule has 152 valence electrons. The summed E-state index contributed by atoms with van der Waals surface area (Å²) < 4.78 is 6.61. The molecular weight excluding hydrogens is 382 g/mol. The number of rotatable bonds is 7. The quantitative estimate of drug-likeness (QED) is 0.461. The Morgan fingerprint density at radius 2 is 1.97 bits per heavy atom. The van der Waals surface area contributed by atoms with Gasteiger partial charge in [-0.2, -0.15) is 5.10 Å². The van der Waals surface area contributed by atoms with Crippen molar-refractivity contribution in [1.82, 2.24) is 25.1 Å². The van der Waals surface area contributed by atoms with Gasteiger partial charge in [0.05, 0.1) is 13.7 Å². The van der Waals surface area contributed by atoms with Gasteiger partial charge in [-0.3, -0.25) is 4.79 Å². The van der Waals surface area contributed by atoms with Crippen molar-refractivity contribution in [1.29, 1.82) is 0 Å². The average molecular weight is 403 g/mol. The Kier molecular flexibility index (Phi) is 5.56. The van der Waals surface area contributed by atoms with Crippen LogP contribution in [0.25, 0.3) is 10.9 Å². The lowest BCUT2D eigenvalue weighted by Crippen LogP contribution is -2.43. The molecule has 0 radical (unpaired) electrons. The molecule has 4 rings (SSSR count). The van der Waals surface area contributed by atoms with E-state index in [1.807, 2.05) is 42.6 Å². The number of hydrogen-bond acceptors (Lipinski definition) is 5. The van der Waals surface area contributed by atoms with Gasteiger partial charge >= 0.3 is 5.97 Å². The number of nitrogens with one attached hydrogen (secondary N) is 2. The normalized spacial score (nSPS) is 11.9. The molecule has 8 nitrogen and oxygen atoms in total. The minimum atomic E-state index is -0.795. The molecule has 0 saturated heterocycles. The molecule has 1 amide bonds. The number of methoxy groups -OCH3 is 1. The van der Waals surface area contributed by atoms with Crippen molar-refractivity contribution >= 4 is 22.8 Å². The molecule has 0 fully saturated rings. The number of H-pyrrole nitrogens is 1. The number of benzene rings is 2. The smallest absolute Gasteiger partial charge is 0.328 e. The van der Waals surface area contributed by atoms with Gasteiger partial charge in [0.1, 0.15) is 18.7 Å². The standard InChI is InChI=1S/C22H21N5O3/c1-30-22(29)20(10-17-11-24-19-5-3-2-4-18(17)19)26-21(28)16-8-6-15(7-9-16)12-27-14-23-13-25-27/h2-9,11,13-14,20,24H,10,12H2,1H3,(H,26,28)/t20-/m1/s1. The van der Waals surface area contributed by atoms with Crippen LogP contribution in [-0.2, 0) is 22.5 Å². The number of aromatic amines is 1. The Bertz CT molecular complexity index is 1150. The van der Waals surface area contributed by atoms with Crippen LogP contribution in [0.1, 0.15) is 21.5 Å². The van der Waals surface area contributed by atoms with E-state index in [-0.39, 0.29) is 5.91 Å². The Hall–Kier alpha value is -3.94. The van der Waals surface area contributed by atoms with Crippen LogP contribution >= 0.6 is 0 Å². The highest BCUT2D eigenvalue weighted by Crippen LogP contribution is 2.19. The fourth-order valence-electron chi connectivity index (χ4n) is 3.36. The molecule has 0 aliphatic rings. The summed E-state index contributed by atoms with van der Waals surface area (Å²) in [5, 5.41) is 7.88. The lowest BCUT2D eigenvalue weighted by Gasteiger charge is -2.16. The lowest BCUT2D eigenvalue weighted by atomic mass is 10.0. The molecule has 8 heteroatoms. The monoisotopic (exact) mass is 403 g/mol. The van der Waals surface area contributed by atoms with Crippen molar-refractivity contribution in [3.63, 3.8) is 0 Å². The maximum Gasteiger partial charge on any atom is 0.328 e. The molecule has 1 atom stereocenters. The number of carbonyl (C=O) groups is 2. The van der Waals surface area contributed by atoms with Crippen molar-refractivity contribution < 1.29 is 14.3 Å². The molecular formula is C22H21N5O3. The number of nitrogens with zero attached hydrogens (tertiary/aromatic N) is 3. The first-order chi connectivity index (χ1) is 14.6. The first-order valence-electron chi connectivity index (χ1n) is 9.49. The molecule has 2 heterocycles. The lowest BCUT2D eigenvalue weighted by molar-refractivity contribution is -0.142. The Morgan fingerprint density at radius 1 is 1.17 bits per heavy atom. The first-order valence-corrected chi connectivity index (χ1v) is 9.49. The largest absolute Gasteiger partial charge is 0.467 e. The number of fused-ring (bicyclic) bond motifs is 1. The molecule has 4 aromatic rings. The number of ether oxygens (including phenoxy) is 1. The van der Waals surface area contributed by atoms with Crippen molar-refractivity contribution in [2.24, 2.45) is 0 Å². The van der Waals surface area contributed by atoms with E-state index in [1.165, 1.54) is 13.4 Å². The van der Waals surface area contributed by atoms with Crippen molar-refractivity contribution in [3.05, 3.63) is 84.1 Å². The Labute approximate surface area is 172 Å². The highest BCUT2D eigenvalue weighted by atomic mass is 16.5. The third-order valence-electron chi connectivity index (χ3n) is 4.92. The number of amides is 1. The predicted molar refractivity (Wildman–Crippen MR) is 111 cm³/mol. The van der Waals surface area contributed by atoms with Gasteiger partial charge < -0.3 is 15.0 Å². The van der Waals surface area contributed by atoms with Crippen molar-refractivity contribution in [2.75, 3.05) is 7.11 Å². The summed E-state index contributed by atoms with van der Waals surface area (Å²) in [4.78, 5) is 32.1. The minimum Gasteiger partial charge on any atom is -0.467 e. The van der Waals surface area contributed by atoms with Gasteiger partial charge in [-0.25, -0.2) is 14.5 Å². The topological polar surface area (TPSA) is 102 Å². The number of para-hydroxylation sites is 1.